The van der Waals surface area contributed by atoms with Gasteiger partial charge in [-0.1, -0.05) is 6.07 Å². The number of rotatable bonds is 3. The van der Waals surface area contributed by atoms with Crippen LogP contribution in [0.1, 0.15) is 15.2 Å². The topological polar surface area (TPSA) is 82.5 Å². The Labute approximate surface area is 108 Å². The number of hydrogen-bond donors (Lipinski definition) is 3. The summed E-state index contributed by atoms with van der Waals surface area (Å²) >= 11 is 1.06. The highest BCUT2D eigenvalue weighted by molar-refractivity contribution is 7.24. The number of pyridine rings is 1. The van der Waals surface area contributed by atoms with E-state index in [0.29, 0.717) is 21.0 Å². The summed E-state index contributed by atoms with van der Waals surface area (Å²) in [5.41, 5.74) is 0.682. The zero-order valence-electron chi connectivity index (χ0n) is 9.62. The van der Waals surface area contributed by atoms with Crippen molar-refractivity contribution in [1.82, 2.24) is 4.98 Å². The summed E-state index contributed by atoms with van der Waals surface area (Å²) in [7, 11) is -1.55. The molecule has 18 heavy (non-hydrogen) atoms. The molecule has 2 aromatic heterocycles. The molecule has 1 amide bonds. The second-order valence-corrected chi connectivity index (χ2v) is 4.78. The molecule has 3 N–H and O–H groups in total. The van der Waals surface area contributed by atoms with E-state index in [1.165, 1.54) is 0 Å². The van der Waals surface area contributed by atoms with Gasteiger partial charge in [0.05, 0.1) is 4.88 Å². The molecule has 0 aromatic carbocycles. The number of hydrogen-bond acceptors (Lipinski definition) is 5. The van der Waals surface area contributed by atoms with Crippen LogP contribution in [0.25, 0.3) is 0 Å². The molecule has 0 spiro atoms. The van der Waals surface area contributed by atoms with E-state index >= 15 is 0 Å². The predicted octanol–water partition coefficient (Wildman–Crippen LogP) is 0.384. The molecular weight excluding hydrogens is 251 g/mol. The minimum absolute atomic E-state index is 0.311. The van der Waals surface area contributed by atoms with Crippen LogP contribution in [0.3, 0.4) is 0 Å². The molecule has 0 aliphatic carbocycles. The largest absolute Gasteiger partial charge is 0.499 e. The normalized spacial score (nSPS) is 10.2. The van der Waals surface area contributed by atoms with Crippen molar-refractivity contribution in [2.24, 2.45) is 0 Å². The van der Waals surface area contributed by atoms with Crippen molar-refractivity contribution < 1.29 is 14.8 Å². The Bertz CT molecular complexity index is 557. The monoisotopic (exact) mass is 262 g/mol. The summed E-state index contributed by atoms with van der Waals surface area (Å²) in [5.74, 6) is 0.147. The Morgan fingerprint density at radius 1 is 1.44 bits per heavy atom. The first kappa shape index (κ1) is 12.8. The van der Waals surface area contributed by atoms with Gasteiger partial charge in [-0.3, -0.25) is 4.79 Å². The fraction of sp³-hybridized carbons (Fsp3) is 0.0909. The van der Waals surface area contributed by atoms with Crippen LogP contribution in [-0.2, 0) is 0 Å². The molecule has 5 nitrogen and oxygen atoms in total. The lowest BCUT2D eigenvalue weighted by molar-refractivity contribution is 0.103. The van der Waals surface area contributed by atoms with Crippen molar-refractivity contribution in [2.75, 3.05) is 5.32 Å². The van der Waals surface area contributed by atoms with Crippen molar-refractivity contribution in [3.05, 3.63) is 40.9 Å². The molecule has 2 rings (SSSR count). The number of nitrogens with one attached hydrogen (secondary N) is 1. The zero-order chi connectivity index (χ0) is 13.1. The van der Waals surface area contributed by atoms with E-state index in [9.17, 15) is 4.79 Å². The standard InChI is InChI=1S/C11H11BN2O3S/c1-7-6-8(18-10(7)12(16)17)11(15)14-9-4-2-3-5-13-9/h2-6,16-17H,1H3,(H,13,14,15). The van der Waals surface area contributed by atoms with E-state index < -0.39 is 7.12 Å². The third-order valence-electron chi connectivity index (χ3n) is 2.32. The van der Waals surface area contributed by atoms with Crippen molar-refractivity contribution >= 4 is 35.0 Å². The van der Waals surface area contributed by atoms with Crippen LogP contribution in [0.5, 0.6) is 0 Å². The Balaban J connectivity index is 2.17. The van der Waals surface area contributed by atoms with Crippen LogP contribution in [0.2, 0.25) is 0 Å². The predicted molar refractivity (Wildman–Crippen MR) is 71.1 cm³/mol. The third-order valence-corrected chi connectivity index (χ3v) is 3.60. The van der Waals surface area contributed by atoms with Crippen LogP contribution in [0.15, 0.2) is 30.5 Å². The number of carbonyl (C=O) groups excluding carboxylic acids is 1. The van der Waals surface area contributed by atoms with E-state index in [1.807, 2.05) is 0 Å². The van der Waals surface area contributed by atoms with Crippen LogP contribution in [0, 0.1) is 6.92 Å². The number of carbonyl (C=O) groups is 1. The lowest BCUT2D eigenvalue weighted by atomic mass is 9.87. The second kappa shape index (κ2) is 5.30. The van der Waals surface area contributed by atoms with Crippen LogP contribution in [0.4, 0.5) is 5.82 Å². The molecule has 0 saturated heterocycles. The van der Waals surface area contributed by atoms with Gasteiger partial charge in [0.15, 0.2) is 0 Å². The molecule has 0 atom stereocenters. The van der Waals surface area contributed by atoms with Gasteiger partial charge in [0.2, 0.25) is 0 Å². The van der Waals surface area contributed by atoms with E-state index in [2.05, 4.69) is 10.3 Å². The van der Waals surface area contributed by atoms with Gasteiger partial charge < -0.3 is 15.4 Å². The fourth-order valence-corrected chi connectivity index (χ4v) is 2.42. The Kier molecular flexibility index (Phi) is 3.76. The minimum Gasteiger partial charge on any atom is -0.423 e. The lowest BCUT2D eigenvalue weighted by Gasteiger charge is -2.01. The van der Waals surface area contributed by atoms with Crippen molar-refractivity contribution in [1.29, 1.82) is 0 Å². The van der Waals surface area contributed by atoms with E-state index in [0.717, 1.165) is 11.3 Å². The highest BCUT2D eigenvalue weighted by Crippen LogP contribution is 2.14. The fourth-order valence-electron chi connectivity index (χ4n) is 1.48. The summed E-state index contributed by atoms with van der Waals surface area (Å²) in [6.45, 7) is 1.73. The summed E-state index contributed by atoms with van der Waals surface area (Å²) in [6, 6.07) is 6.83. The maximum atomic E-state index is 11.9. The number of aromatic nitrogens is 1. The molecule has 0 aliphatic rings. The average Bonchev–Trinajstić information content (AvgIpc) is 2.73. The van der Waals surface area contributed by atoms with Crippen molar-refractivity contribution in [3.8, 4) is 0 Å². The van der Waals surface area contributed by atoms with Gasteiger partial charge in [-0.15, -0.1) is 11.3 Å². The second-order valence-electron chi connectivity index (χ2n) is 3.70. The smallest absolute Gasteiger partial charge is 0.423 e. The number of anilines is 1. The van der Waals surface area contributed by atoms with Gasteiger partial charge >= 0.3 is 7.12 Å². The molecule has 2 heterocycles. The van der Waals surface area contributed by atoms with Gasteiger partial charge in [0.1, 0.15) is 5.82 Å². The first-order chi connectivity index (χ1) is 8.58. The summed E-state index contributed by atoms with van der Waals surface area (Å²) < 4.78 is 0.376. The average molecular weight is 262 g/mol. The Morgan fingerprint density at radius 3 is 2.78 bits per heavy atom. The quantitative estimate of drug-likeness (QED) is 0.698. The van der Waals surface area contributed by atoms with E-state index in [1.54, 1.807) is 37.4 Å². The summed E-state index contributed by atoms with van der Waals surface area (Å²) in [4.78, 5) is 16.3. The molecule has 0 unspecified atom stereocenters. The molecular formula is C11H11BN2O3S. The molecule has 7 heteroatoms. The van der Waals surface area contributed by atoms with Gasteiger partial charge in [0.25, 0.3) is 5.91 Å². The number of amides is 1. The highest BCUT2D eigenvalue weighted by atomic mass is 32.1. The van der Waals surface area contributed by atoms with Crippen molar-refractivity contribution in [2.45, 2.75) is 6.92 Å². The van der Waals surface area contributed by atoms with E-state index in [-0.39, 0.29) is 5.91 Å². The van der Waals surface area contributed by atoms with Crippen LogP contribution < -0.4 is 10.1 Å². The summed E-state index contributed by atoms with van der Waals surface area (Å²) in [6.07, 6.45) is 1.58. The number of aryl methyl sites for hydroxylation is 1. The summed E-state index contributed by atoms with van der Waals surface area (Å²) in [5, 5.41) is 20.9. The Morgan fingerprint density at radius 2 is 2.22 bits per heavy atom. The third kappa shape index (κ3) is 2.76. The molecule has 0 saturated carbocycles. The van der Waals surface area contributed by atoms with Gasteiger partial charge in [-0.25, -0.2) is 4.98 Å². The molecule has 0 radical (unpaired) electrons. The minimum atomic E-state index is -1.55. The first-order valence-electron chi connectivity index (χ1n) is 5.27. The zero-order valence-corrected chi connectivity index (χ0v) is 10.4. The molecule has 0 aliphatic heterocycles. The maximum absolute atomic E-state index is 11.9. The highest BCUT2D eigenvalue weighted by Gasteiger charge is 2.20. The molecule has 92 valence electrons. The molecule has 2 aromatic rings. The maximum Gasteiger partial charge on any atom is 0.499 e. The number of nitrogens with zero attached hydrogens (tertiary/aromatic N) is 1. The SMILES string of the molecule is Cc1cc(C(=O)Nc2ccccn2)sc1B(O)O. The van der Waals surface area contributed by atoms with Crippen LogP contribution in [-0.4, -0.2) is 28.1 Å². The molecule has 0 bridgehead atoms. The van der Waals surface area contributed by atoms with E-state index in [4.69, 9.17) is 10.0 Å². The van der Waals surface area contributed by atoms with Crippen LogP contribution >= 0.6 is 11.3 Å². The van der Waals surface area contributed by atoms with Gasteiger partial charge in [-0.05, 0) is 30.7 Å². The Hall–Kier alpha value is -1.70. The van der Waals surface area contributed by atoms with Gasteiger partial charge in [0, 0.05) is 11.0 Å². The van der Waals surface area contributed by atoms with Crippen molar-refractivity contribution in [3.63, 3.8) is 0 Å². The van der Waals surface area contributed by atoms with Gasteiger partial charge in [-0.2, -0.15) is 0 Å². The lowest BCUT2D eigenvalue weighted by Crippen LogP contribution is -2.28. The number of thiophene rings is 1. The molecule has 0 fully saturated rings. The first-order valence-corrected chi connectivity index (χ1v) is 6.08.